The Bertz CT molecular complexity index is 402. The molecule has 1 aromatic rings. The third-order valence-electron chi connectivity index (χ3n) is 2.63. The molecule has 1 aromatic heterocycles. The fraction of sp³-hybridized carbons (Fsp3) is 0.273. The van der Waals surface area contributed by atoms with Crippen LogP contribution in [0.3, 0.4) is 0 Å². The summed E-state index contributed by atoms with van der Waals surface area (Å²) in [5.74, 6) is 0. The highest BCUT2D eigenvalue weighted by atomic mass is 16.1. The molecule has 5 heteroatoms. The predicted octanol–water partition coefficient (Wildman–Crippen LogP) is 0.562. The minimum atomic E-state index is 0.677. The lowest BCUT2D eigenvalue weighted by Crippen LogP contribution is -2.32. The summed E-state index contributed by atoms with van der Waals surface area (Å²) in [7, 11) is 1.57. The zero-order valence-corrected chi connectivity index (χ0v) is 8.97. The monoisotopic (exact) mass is 214 g/mol. The molecule has 81 valence electrons. The van der Waals surface area contributed by atoms with Crippen molar-refractivity contribution in [3.63, 3.8) is 0 Å². The van der Waals surface area contributed by atoms with Crippen LogP contribution in [0, 0.1) is 0 Å². The molecule has 0 saturated carbocycles. The van der Waals surface area contributed by atoms with Gasteiger partial charge in [0.2, 0.25) is 0 Å². The number of rotatable bonds is 3. The van der Waals surface area contributed by atoms with Crippen molar-refractivity contribution in [3.8, 4) is 0 Å². The number of nitrogens with two attached hydrogens (primary N) is 1. The van der Waals surface area contributed by atoms with Crippen LogP contribution in [0.5, 0.6) is 0 Å². The van der Waals surface area contributed by atoms with Crippen molar-refractivity contribution in [2.75, 3.05) is 18.8 Å². The van der Waals surface area contributed by atoms with E-state index in [1.165, 1.54) is 5.57 Å². The Kier molecular flexibility index (Phi) is 3.36. The molecule has 1 aliphatic rings. The summed E-state index contributed by atoms with van der Waals surface area (Å²) in [4.78, 5) is 16.6. The molecular weight excluding hydrogens is 201 g/mol. The predicted molar refractivity (Wildman–Crippen MR) is 65.3 cm³/mol. The molecule has 16 heavy (non-hydrogen) atoms. The van der Waals surface area contributed by atoms with Crippen molar-refractivity contribution in [3.05, 3.63) is 30.1 Å². The van der Waals surface area contributed by atoms with E-state index < -0.39 is 0 Å². The quantitative estimate of drug-likeness (QED) is 0.590. The van der Waals surface area contributed by atoms with E-state index >= 15 is 0 Å². The highest BCUT2D eigenvalue weighted by molar-refractivity contribution is 6.64. The molecule has 0 aromatic carbocycles. The van der Waals surface area contributed by atoms with Crippen LogP contribution in [0.15, 0.2) is 24.4 Å². The van der Waals surface area contributed by atoms with Gasteiger partial charge in [-0.05, 0) is 30.7 Å². The van der Waals surface area contributed by atoms with E-state index in [1.54, 1.807) is 13.6 Å². The van der Waals surface area contributed by atoms with Gasteiger partial charge in [0.1, 0.15) is 0 Å². The molecule has 2 N–H and O–H groups in total. The van der Waals surface area contributed by atoms with E-state index in [-0.39, 0.29) is 0 Å². The van der Waals surface area contributed by atoms with Gasteiger partial charge in [0.15, 0.2) is 0 Å². The van der Waals surface area contributed by atoms with E-state index in [2.05, 4.69) is 11.1 Å². The highest BCUT2D eigenvalue weighted by Gasteiger charge is 2.13. The lowest BCUT2D eigenvalue weighted by Gasteiger charge is -2.23. The summed E-state index contributed by atoms with van der Waals surface area (Å²) >= 11 is 0. The lowest BCUT2D eigenvalue weighted by atomic mass is 9.90. The Hall–Kier alpha value is -1.62. The van der Waals surface area contributed by atoms with Crippen LogP contribution < -0.4 is 5.73 Å². The standard InChI is InChI=1S/C11H13BN3O/c13-10-1-2-11(14-7-10)9-3-5-15(6-4-9)12-8-16/h1-3,7-8H,4-6,13H2. The van der Waals surface area contributed by atoms with Crippen LogP contribution in [0.2, 0.25) is 0 Å². The van der Waals surface area contributed by atoms with Gasteiger partial charge < -0.3 is 15.3 Å². The molecule has 0 unspecified atom stereocenters. The molecule has 1 aliphatic heterocycles. The molecule has 2 rings (SSSR count). The van der Waals surface area contributed by atoms with Gasteiger partial charge in [-0.25, -0.2) is 0 Å². The van der Waals surface area contributed by atoms with Gasteiger partial charge in [0.05, 0.1) is 23.8 Å². The molecule has 1 radical (unpaired) electrons. The fourth-order valence-electron chi connectivity index (χ4n) is 1.73. The molecule has 0 atom stereocenters. The van der Waals surface area contributed by atoms with Crippen LogP contribution in [-0.4, -0.2) is 36.5 Å². The average molecular weight is 214 g/mol. The second-order valence-electron chi connectivity index (χ2n) is 3.74. The largest absolute Gasteiger partial charge is 0.397 e. The van der Waals surface area contributed by atoms with Crippen LogP contribution >= 0.6 is 0 Å². The molecule has 0 saturated heterocycles. The van der Waals surface area contributed by atoms with Gasteiger partial charge >= 0.3 is 0 Å². The van der Waals surface area contributed by atoms with Gasteiger partial charge in [0, 0.05) is 6.54 Å². The zero-order chi connectivity index (χ0) is 11.4. The number of carbonyl (C=O) groups excluding carboxylic acids is 1. The number of pyridine rings is 1. The van der Waals surface area contributed by atoms with E-state index in [0.717, 1.165) is 31.4 Å². The average Bonchev–Trinajstić information content (AvgIpc) is 2.32. The number of hydrogen-bond donors (Lipinski definition) is 1. The number of hydrogen-bond acceptors (Lipinski definition) is 4. The summed E-state index contributed by atoms with van der Waals surface area (Å²) in [6, 6.07) is 3.79. The Morgan fingerprint density at radius 1 is 1.50 bits per heavy atom. The summed E-state index contributed by atoms with van der Waals surface area (Å²) in [6.45, 7) is 1.62. The number of aromatic nitrogens is 1. The minimum Gasteiger partial charge on any atom is -0.397 e. The Labute approximate surface area is 95.4 Å². The SMILES string of the molecule is Nc1ccc(C2=CCN([B]C=O)CC2)nc1. The number of anilines is 1. The lowest BCUT2D eigenvalue weighted by molar-refractivity contribution is 0.487. The van der Waals surface area contributed by atoms with Crippen LogP contribution in [0.4, 0.5) is 5.69 Å². The van der Waals surface area contributed by atoms with E-state index in [4.69, 9.17) is 5.73 Å². The van der Waals surface area contributed by atoms with Crippen LogP contribution in [0.1, 0.15) is 12.1 Å². The van der Waals surface area contributed by atoms with Crippen LogP contribution in [-0.2, 0) is 4.79 Å². The maximum absolute atomic E-state index is 10.3. The maximum atomic E-state index is 10.3. The van der Waals surface area contributed by atoms with Crippen molar-refractivity contribution >= 4 is 24.9 Å². The molecule has 0 bridgehead atoms. The first-order valence-electron chi connectivity index (χ1n) is 5.23. The van der Waals surface area contributed by atoms with Gasteiger partial charge in [-0.15, -0.1) is 0 Å². The highest BCUT2D eigenvalue weighted by Crippen LogP contribution is 2.20. The summed E-state index contributed by atoms with van der Waals surface area (Å²) < 4.78 is 0. The molecule has 0 spiro atoms. The van der Waals surface area contributed by atoms with Crippen LogP contribution in [0.25, 0.3) is 5.57 Å². The number of carbonyl (C=O) groups is 1. The van der Waals surface area contributed by atoms with E-state index in [1.807, 2.05) is 16.9 Å². The molecule has 0 fully saturated rings. The Morgan fingerprint density at radius 2 is 2.38 bits per heavy atom. The van der Waals surface area contributed by atoms with Crippen molar-refractivity contribution in [2.24, 2.45) is 0 Å². The number of nitrogen functional groups attached to an aromatic ring is 1. The maximum Gasteiger partial charge on any atom is 0.293 e. The van der Waals surface area contributed by atoms with Crippen molar-refractivity contribution in [2.45, 2.75) is 6.42 Å². The van der Waals surface area contributed by atoms with Crippen molar-refractivity contribution < 1.29 is 4.79 Å². The summed E-state index contributed by atoms with van der Waals surface area (Å²) in [6.07, 6.45) is 5.49. The molecule has 2 heterocycles. The molecule has 0 aliphatic carbocycles. The van der Waals surface area contributed by atoms with Gasteiger partial charge in [-0.3, -0.25) is 4.98 Å². The summed E-state index contributed by atoms with van der Waals surface area (Å²) in [5, 5.41) is 0. The van der Waals surface area contributed by atoms with Gasteiger partial charge in [0.25, 0.3) is 7.41 Å². The first-order chi connectivity index (χ1) is 7.79. The second-order valence-corrected chi connectivity index (χ2v) is 3.74. The van der Waals surface area contributed by atoms with Crippen molar-refractivity contribution in [1.29, 1.82) is 0 Å². The first-order valence-corrected chi connectivity index (χ1v) is 5.23. The van der Waals surface area contributed by atoms with Gasteiger partial charge in [-0.2, -0.15) is 0 Å². The third kappa shape index (κ3) is 2.49. The topological polar surface area (TPSA) is 59.2 Å². The molecular formula is C11H13BN3O. The molecule has 0 amide bonds. The number of nitrogens with zero attached hydrogens (tertiary/aromatic N) is 2. The zero-order valence-electron chi connectivity index (χ0n) is 8.97. The second kappa shape index (κ2) is 4.94. The smallest absolute Gasteiger partial charge is 0.293 e. The van der Waals surface area contributed by atoms with E-state index in [0.29, 0.717) is 5.69 Å². The Balaban J connectivity index is 2.07. The minimum absolute atomic E-state index is 0.677. The summed E-state index contributed by atoms with van der Waals surface area (Å²) in [5.41, 5.74) is 8.45. The fourth-order valence-corrected chi connectivity index (χ4v) is 1.73. The molecule has 4 nitrogen and oxygen atoms in total. The third-order valence-corrected chi connectivity index (χ3v) is 2.63. The first kappa shape index (κ1) is 10.9. The Morgan fingerprint density at radius 3 is 2.94 bits per heavy atom. The van der Waals surface area contributed by atoms with Gasteiger partial charge in [-0.1, -0.05) is 6.08 Å². The van der Waals surface area contributed by atoms with Crippen molar-refractivity contribution in [1.82, 2.24) is 9.79 Å². The normalized spacial score (nSPS) is 16.6. The van der Waals surface area contributed by atoms with E-state index in [9.17, 15) is 4.79 Å².